The molecule has 1 rings (SSSR count). The predicted octanol–water partition coefficient (Wildman–Crippen LogP) is 2.33. The molecule has 0 heterocycles. The fourth-order valence-electron chi connectivity index (χ4n) is 2.24. The van der Waals surface area contributed by atoms with Gasteiger partial charge >= 0.3 is 0 Å². The summed E-state index contributed by atoms with van der Waals surface area (Å²) in [5.41, 5.74) is 1.76. The molecule has 1 aromatic carbocycles. The number of carbonyl (C=O) groups excluding carboxylic acids is 2. The van der Waals surface area contributed by atoms with Crippen molar-refractivity contribution in [1.82, 2.24) is 0 Å². The lowest BCUT2D eigenvalue weighted by atomic mass is 9.85. The highest BCUT2D eigenvalue weighted by Crippen LogP contribution is 2.29. The summed E-state index contributed by atoms with van der Waals surface area (Å²) in [4.78, 5) is 23.0. The van der Waals surface area contributed by atoms with E-state index in [2.05, 4.69) is 26.1 Å². The van der Waals surface area contributed by atoms with Crippen molar-refractivity contribution in [2.24, 2.45) is 11.8 Å². The normalized spacial score (nSPS) is 14.3. The van der Waals surface area contributed by atoms with Crippen LogP contribution in [-0.2, 0) is 15.0 Å². The number of benzene rings is 1. The van der Waals surface area contributed by atoms with Gasteiger partial charge in [-0.25, -0.2) is 0 Å². The Morgan fingerprint density at radius 2 is 1.71 bits per heavy atom. The number of nitrogens with one attached hydrogen (secondary N) is 1. The molecule has 1 aromatic rings. The van der Waals surface area contributed by atoms with E-state index in [0.29, 0.717) is 0 Å². The van der Waals surface area contributed by atoms with Gasteiger partial charge in [-0.1, -0.05) is 52.8 Å². The van der Waals surface area contributed by atoms with Gasteiger partial charge in [0.2, 0.25) is 5.91 Å². The smallest absolute Gasteiger partial charge is 0.227 e. The van der Waals surface area contributed by atoms with Crippen LogP contribution in [0.2, 0.25) is 0 Å². The van der Waals surface area contributed by atoms with Crippen molar-refractivity contribution in [2.45, 2.75) is 46.5 Å². The molecule has 0 bridgehead atoms. The second kappa shape index (κ2) is 6.74. The Kier molecular flexibility index (Phi) is 5.53. The van der Waals surface area contributed by atoms with Gasteiger partial charge in [0.05, 0.1) is 0 Å². The molecule has 0 aromatic heterocycles. The number of carboxylic acid groups (broad SMARTS) is 1. The molecule has 1 amide bonds. The maximum atomic E-state index is 12.2. The number of hydrogen-bond acceptors (Lipinski definition) is 3. The van der Waals surface area contributed by atoms with E-state index in [0.717, 1.165) is 11.3 Å². The molecule has 4 nitrogen and oxygen atoms in total. The van der Waals surface area contributed by atoms with Crippen molar-refractivity contribution >= 4 is 17.6 Å². The second-order valence-electron chi connectivity index (χ2n) is 6.64. The van der Waals surface area contributed by atoms with Crippen LogP contribution in [0.4, 0.5) is 5.69 Å². The van der Waals surface area contributed by atoms with Crippen LogP contribution in [-0.4, -0.2) is 11.9 Å². The molecule has 0 saturated heterocycles. The summed E-state index contributed by atoms with van der Waals surface area (Å²) < 4.78 is 0. The van der Waals surface area contributed by atoms with Gasteiger partial charge in [0.15, 0.2) is 0 Å². The molecule has 116 valence electrons. The van der Waals surface area contributed by atoms with Crippen molar-refractivity contribution < 1.29 is 14.7 Å². The first-order chi connectivity index (χ1) is 9.62. The van der Waals surface area contributed by atoms with Crippen molar-refractivity contribution in [2.75, 3.05) is 5.32 Å². The van der Waals surface area contributed by atoms with Gasteiger partial charge < -0.3 is 15.2 Å². The summed E-state index contributed by atoms with van der Waals surface area (Å²) in [5.74, 6) is -2.31. The molecule has 4 heteroatoms. The van der Waals surface area contributed by atoms with Crippen molar-refractivity contribution in [3.05, 3.63) is 29.8 Å². The van der Waals surface area contributed by atoms with Crippen LogP contribution in [0.3, 0.4) is 0 Å². The molecule has 0 aliphatic carbocycles. The zero-order chi connectivity index (χ0) is 16.2. The summed E-state index contributed by atoms with van der Waals surface area (Å²) in [6.07, 6.45) is 0.270. The van der Waals surface area contributed by atoms with E-state index in [4.69, 9.17) is 0 Å². The Morgan fingerprint density at radius 1 is 1.14 bits per heavy atom. The van der Waals surface area contributed by atoms with E-state index < -0.39 is 11.9 Å². The maximum absolute atomic E-state index is 12.2. The van der Waals surface area contributed by atoms with Gasteiger partial charge in [0.1, 0.15) is 0 Å². The summed E-state index contributed by atoms with van der Waals surface area (Å²) in [6, 6.07) is 7.68. The highest BCUT2D eigenvalue weighted by Gasteiger charge is 2.21. The highest BCUT2D eigenvalue weighted by atomic mass is 16.4. The number of hydrogen-bond donors (Lipinski definition) is 1. The second-order valence-corrected chi connectivity index (χ2v) is 6.64. The first-order valence-corrected chi connectivity index (χ1v) is 7.24. The maximum Gasteiger partial charge on any atom is 0.227 e. The number of carbonyl (C=O) groups is 2. The number of rotatable bonds is 5. The number of aliphatic carboxylic acids is 1. The van der Waals surface area contributed by atoms with Gasteiger partial charge in [-0.2, -0.15) is 0 Å². The molecule has 0 unspecified atom stereocenters. The molecule has 0 aliphatic rings. The van der Waals surface area contributed by atoms with Crippen LogP contribution in [0.15, 0.2) is 24.3 Å². The fraction of sp³-hybridized carbons (Fsp3) is 0.529. The molecular formula is C17H24NO3-. The Balaban J connectivity index is 2.82. The highest BCUT2D eigenvalue weighted by molar-refractivity contribution is 5.93. The lowest BCUT2D eigenvalue weighted by Gasteiger charge is -2.24. The van der Waals surface area contributed by atoms with E-state index in [1.165, 1.54) is 0 Å². The Hall–Kier alpha value is -1.84. The average molecular weight is 290 g/mol. The van der Waals surface area contributed by atoms with Gasteiger partial charge in [-0.15, -0.1) is 0 Å². The van der Waals surface area contributed by atoms with Crippen molar-refractivity contribution in [3.63, 3.8) is 0 Å². The van der Waals surface area contributed by atoms with Crippen LogP contribution in [0, 0.1) is 11.8 Å². The first-order valence-electron chi connectivity index (χ1n) is 7.24. The molecule has 0 saturated carbocycles. The largest absolute Gasteiger partial charge is 0.550 e. The molecule has 0 radical (unpaired) electrons. The van der Waals surface area contributed by atoms with Gasteiger partial charge in [0.25, 0.3) is 0 Å². The first kappa shape index (κ1) is 17.2. The summed E-state index contributed by atoms with van der Waals surface area (Å²) in [6.45, 7) is 9.54. The Morgan fingerprint density at radius 3 is 2.24 bits per heavy atom. The lowest BCUT2D eigenvalue weighted by molar-refractivity contribution is -0.311. The number of para-hydroxylation sites is 1. The molecular weight excluding hydrogens is 266 g/mol. The van der Waals surface area contributed by atoms with Crippen LogP contribution < -0.4 is 10.4 Å². The topological polar surface area (TPSA) is 69.2 Å². The molecule has 0 spiro atoms. The molecule has 2 atom stereocenters. The Labute approximate surface area is 126 Å². The Bertz CT molecular complexity index is 517. The van der Waals surface area contributed by atoms with Crippen LogP contribution >= 0.6 is 0 Å². The third-order valence-electron chi connectivity index (χ3n) is 3.55. The van der Waals surface area contributed by atoms with Crippen molar-refractivity contribution in [3.8, 4) is 0 Å². The monoisotopic (exact) mass is 290 g/mol. The third-order valence-corrected chi connectivity index (χ3v) is 3.55. The van der Waals surface area contributed by atoms with Gasteiger partial charge in [0, 0.05) is 17.6 Å². The zero-order valence-electron chi connectivity index (χ0n) is 13.4. The van der Waals surface area contributed by atoms with Crippen molar-refractivity contribution in [1.29, 1.82) is 0 Å². The molecule has 0 fully saturated rings. The van der Waals surface area contributed by atoms with E-state index in [-0.39, 0.29) is 23.7 Å². The third kappa shape index (κ3) is 4.88. The zero-order valence-corrected chi connectivity index (χ0v) is 13.4. The molecule has 0 aliphatic heterocycles. The fourth-order valence-corrected chi connectivity index (χ4v) is 2.24. The number of carboxylic acids is 1. The van der Waals surface area contributed by atoms with E-state index in [9.17, 15) is 14.7 Å². The van der Waals surface area contributed by atoms with E-state index >= 15 is 0 Å². The standard InChI is InChI=1S/C17H25NO3/c1-11(10-12(2)16(20)21)15(19)18-14-9-7-6-8-13(14)17(3,4)5/h6-9,11-12H,10H2,1-5H3,(H,18,19)(H,20,21)/p-1/t11-,12+/m1/s1. The number of amides is 1. The lowest BCUT2D eigenvalue weighted by Crippen LogP contribution is -2.33. The summed E-state index contributed by atoms with van der Waals surface area (Å²) in [7, 11) is 0. The quantitative estimate of drug-likeness (QED) is 0.905. The van der Waals surface area contributed by atoms with Crippen LogP contribution in [0.25, 0.3) is 0 Å². The summed E-state index contributed by atoms with van der Waals surface area (Å²) >= 11 is 0. The minimum Gasteiger partial charge on any atom is -0.550 e. The van der Waals surface area contributed by atoms with Gasteiger partial charge in [-0.05, 0) is 29.4 Å². The SMILES string of the molecule is C[C@H](C[C@H](C)C(=O)[O-])C(=O)Nc1ccccc1C(C)(C)C. The van der Waals surface area contributed by atoms with Crippen LogP contribution in [0.1, 0.15) is 46.6 Å². The summed E-state index contributed by atoms with van der Waals surface area (Å²) in [5, 5.41) is 13.7. The number of anilines is 1. The van der Waals surface area contributed by atoms with E-state index in [1.54, 1.807) is 13.8 Å². The minimum absolute atomic E-state index is 0.0780. The van der Waals surface area contributed by atoms with E-state index in [1.807, 2.05) is 24.3 Å². The minimum atomic E-state index is -1.12. The van der Waals surface area contributed by atoms with Gasteiger partial charge in [-0.3, -0.25) is 4.79 Å². The predicted molar refractivity (Wildman–Crippen MR) is 81.7 cm³/mol. The van der Waals surface area contributed by atoms with Crippen LogP contribution in [0.5, 0.6) is 0 Å². The molecule has 1 N–H and O–H groups in total. The average Bonchev–Trinajstić information content (AvgIpc) is 2.37. The molecule has 21 heavy (non-hydrogen) atoms.